The molecule has 6 nitrogen and oxygen atoms in total. The van der Waals surface area contributed by atoms with Crippen LogP contribution in [-0.4, -0.2) is 39.5 Å². The van der Waals surface area contributed by atoms with Crippen LogP contribution in [0.3, 0.4) is 0 Å². The van der Waals surface area contributed by atoms with E-state index in [4.69, 9.17) is 4.74 Å². The highest BCUT2D eigenvalue weighted by atomic mass is 16.5. The number of amides is 2. The number of rotatable bonds is 7. The van der Waals surface area contributed by atoms with Crippen LogP contribution >= 0.6 is 0 Å². The first-order valence-electron chi connectivity index (χ1n) is 12.4. The van der Waals surface area contributed by atoms with Crippen LogP contribution < -0.4 is 10.1 Å². The molecular weight excluding hydrogens is 426 g/mol. The van der Waals surface area contributed by atoms with Gasteiger partial charge in [0.1, 0.15) is 17.0 Å². The Morgan fingerprint density at radius 1 is 1.12 bits per heavy atom. The molecule has 1 aromatic heterocycles. The molecule has 2 heterocycles. The van der Waals surface area contributed by atoms with Crippen molar-refractivity contribution in [3.8, 4) is 5.75 Å². The Morgan fingerprint density at radius 3 is 2.59 bits per heavy atom. The van der Waals surface area contributed by atoms with Gasteiger partial charge < -0.3 is 19.5 Å². The molecule has 0 unspecified atom stereocenters. The fourth-order valence-electron chi connectivity index (χ4n) is 5.26. The fourth-order valence-corrected chi connectivity index (χ4v) is 5.26. The highest BCUT2D eigenvalue weighted by molar-refractivity contribution is 6.03. The van der Waals surface area contributed by atoms with Crippen LogP contribution in [0, 0.1) is 0 Å². The molecule has 178 valence electrons. The van der Waals surface area contributed by atoms with Crippen molar-refractivity contribution in [3.63, 3.8) is 0 Å². The smallest absolute Gasteiger partial charge is 0.271 e. The van der Waals surface area contributed by atoms with Gasteiger partial charge in [-0.25, -0.2) is 0 Å². The molecule has 0 saturated heterocycles. The highest BCUT2D eigenvalue weighted by Crippen LogP contribution is 2.34. The number of ether oxygens (including phenoxy) is 1. The second kappa shape index (κ2) is 9.16. The van der Waals surface area contributed by atoms with Crippen molar-refractivity contribution in [2.45, 2.75) is 70.6 Å². The van der Waals surface area contributed by atoms with Gasteiger partial charge in [0.05, 0.1) is 13.2 Å². The summed E-state index contributed by atoms with van der Waals surface area (Å²) in [5, 5.41) is 4.28. The minimum atomic E-state index is -0.994. The van der Waals surface area contributed by atoms with Crippen molar-refractivity contribution in [2.75, 3.05) is 6.61 Å². The maximum atomic E-state index is 13.9. The molecule has 0 spiro atoms. The van der Waals surface area contributed by atoms with Gasteiger partial charge >= 0.3 is 0 Å². The Bertz CT molecular complexity index is 1190. The Hall–Kier alpha value is -3.28. The van der Waals surface area contributed by atoms with Crippen molar-refractivity contribution in [1.29, 1.82) is 0 Å². The normalized spacial score (nSPS) is 20.5. The highest BCUT2D eigenvalue weighted by Gasteiger charge is 2.48. The van der Waals surface area contributed by atoms with Crippen LogP contribution in [0.4, 0.5) is 0 Å². The molecule has 6 heteroatoms. The van der Waals surface area contributed by atoms with Crippen molar-refractivity contribution < 1.29 is 14.3 Å². The van der Waals surface area contributed by atoms with E-state index < -0.39 is 5.54 Å². The largest absolute Gasteiger partial charge is 0.494 e. The zero-order chi connectivity index (χ0) is 23.7. The third-order valence-electron chi connectivity index (χ3n) is 7.25. The van der Waals surface area contributed by atoms with Crippen LogP contribution in [-0.2, 0) is 17.9 Å². The number of carbonyl (C=O) groups excluding carboxylic acids is 2. The summed E-state index contributed by atoms with van der Waals surface area (Å²) in [4.78, 5) is 29.3. The van der Waals surface area contributed by atoms with Crippen molar-refractivity contribution >= 4 is 22.7 Å². The quantitative estimate of drug-likeness (QED) is 0.546. The molecule has 2 amide bonds. The average molecular weight is 460 g/mol. The summed E-state index contributed by atoms with van der Waals surface area (Å²) in [6, 6.07) is 18.0. The van der Waals surface area contributed by atoms with Crippen molar-refractivity contribution in [3.05, 3.63) is 65.9 Å². The minimum Gasteiger partial charge on any atom is -0.494 e. The fraction of sp³-hybridized carbons (Fsp3) is 0.429. The number of para-hydroxylation sites is 1. The van der Waals surface area contributed by atoms with E-state index in [1.165, 1.54) is 0 Å². The van der Waals surface area contributed by atoms with Crippen LogP contribution in [0.25, 0.3) is 10.9 Å². The van der Waals surface area contributed by atoms with Crippen molar-refractivity contribution in [2.24, 2.45) is 0 Å². The van der Waals surface area contributed by atoms with Crippen LogP contribution in [0.15, 0.2) is 54.6 Å². The van der Waals surface area contributed by atoms with Gasteiger partial charge in [-0.3, -0.25) is 9.59 Å². The molecule has 2 aromatic carbocycles. The predicted octanol–water partition coefficient (Wildman–Crippen LogP) is 4.90. The van der Waals surface area contributed by atoms with Crippen LogP contribution in [0.5, 0.6) is 5.75 Å². The monoisotopic (exact) mass is 459 g/mol. The number of fused-ring (bicyclic) bond motifs is 3. The Kier molecular flexibility index (Phi) is 6.07. The third kappa shape index (κ3) is 4.06. The topological polar surface area (TPSA) is 63.6 Å². The Labute approximate surface area is 200 Å². The summed E-state index contributed by atoms with van der Waals surface area (Å²) in [6.45, 7) is 5.45. The molecule has 1 aliphatic carbocycles. The van der Waals surface area contributed by atoms with Gasteiger partial charge in [0, 0.05) is 23.5 Å². The summed E-state index contributed by atoms with van der Waals surface area (Å²) >= 11 is 0. The van der Waals surface area contributed by atoms with E-state index in [1.807, 2.05) is 66.1 Å². The predicted molar refractivity (Wildman–Crippen MR) is 133 cm³/mol. The number of hydrogen-bond donors (Lipinski definition) is 1. The summed E-state index contributed by atoms with van der Waals surface area (Å²) < 4.78 is 7.72. The number of benzene rings is 2. The first-order chi connectivity index (χ1) is 16.5. The number of aromatic nitrogens is 1. The van der Waals surface area contributed by atoms with Gasteiger partial charge in [-0.1, -0.05) is 50.1 Å². The van der Waals surface area contributed by atoms with Crippen LogP contribution in [0.2, 0.25) is 0 Å². The molecular formula is C28H33N3O3. The molecule has 1 N–H and O–H groups in total. The maximum Gasteiger partial charge on any atom is 0.271 e. The lowest BCUT2D eigenvalue weighted by Gasteiger charge is -2.44. The summed E-state index contributed by atoms with van der Waals surface area (Å²) in [6.07, 6.45) is 5.25. The van der Waals surface area contributed by atoms with E-state index in [-0.39, 0.29) is 17.9 Å². The van der Waals surface area contributed by atoms with Crippen molar-refractivity contribution in [1.82, 2.24) is 14.8 Å². The SMILES string of the molecule is CCCOc1ccc(CN2C(=O)c3cc4ccccc4n3C[C@@]2(C)C(=O)NC2CCCC2)cc1. The number of nitrogens with one attached hydrogen (secondary N) is 1. The average Bonchev–Trinajstić information content (AvgIpc) is 3.49. The van der Waals surface area contributed by atoms with E-state index in [0.29, 0.717) is 25.4 Å². The lowest BCUT2D eigenvalue weighted by atomic mass is 9.93. The second-order valence-electron chi connectivity index (χ2n) is 9.79. The van der Waals surface area contributed by atoms with Gasteiger partial charge in [-0.2, -0.15) is 0 Å². The molecule has 5 rings (SSSR count). The molecule has 0 bridgehead atoms. The minimum absolute atomic E-state index is 0.0703. The van der Waals surface area contributed by atoms with Gasteiger partial charge in [0.25, 0.3) is 5.91 Å². The van der Waals surface area contributed by atoms with E-state index in [2.05, 4.69) is 12.2 Å². The molecule has 0 radical (unpaired) electrons. The maximum absolute atomic E-state index is 13.9. The van der Waals surface area contributed by atoms with E-state index in [1.54, 1.807) is 4.90 Å². The van der Waals surface area contributed by atoms with E-state index >= 15 is 0 Å². The Morgan fingerprint density at radius 2 is 1.85 bits per heavy atom. The van der Waals surface area contributed by atoms with Gasteiger partial charge in [-0.15, -0.1) is 0 Å². The zero-order valence-electron chi connectivity index (χ0n) is 20.0. The van der Waals surface area contributed by atoms with Gasteiger partial charge in [0.15, 0.2) is 0 Å². The number of carbonyl (C=O) groups is 2. The van der Waals surface area contributed by atoms with Gasteiger partial charge in [-0.05, 0) is 56.0 Å². The number of hydrogen-bond acceptors (Lipinski definition) is 3. The first kappa shape index (κ1) is 22.5. The lowest BCUT2D eigenvalue weighted by Crippen LogP contribution is -2.64. The first-order valence-corrected chi connectivity index (χ1v) is 12.4. The summed E-state index contributed by atoms with van der Waals surface area (Å²) in [5.41, 5.74) is 1.60. The molecule has 3 aromatic rings. The standard InChI is InChI=1S/C28H33N3O3/c1-3-16-34-23-14-12-20(13-15-23)18-31-26(32)25-17-21-8-4-7-11-24(21)30(25)19-28(31,2)27(33)29-22-9-5-6-10-22/h4,7-8,11-15,17,22H,3,5-6,9-10,16,18-19H2,1-2H3,(H,29,33)/t28-/m0/s1. The molecule has 1 atom stereocenters. The molecule has 1 aliphatic heterocycles. The molecule has 1 fully saturated rings. The zero-order valence-corrected chi connectivity index (χ0v) is 20.0. The molecule has 2 aliphatic rings. The third-order valence-corrected chi connectivity index (χ3v) is 7.25. The van der Waals surface area contributed by atoms with Gasteiger partial charge in [0.2, 0.25) is 5.91 Å². The molecule has 1 saturated carbocycles. The van der Waals surface area contributed by atoms with Crippen LogP contribution in [0.1, 0.15) is 62.0 Å². The summed E-state index contributed by atoms with van der Waals surface area (Å²) in [7, 11) is 0. The van der Waals surface area contributed by atoms with E-state index in [0.717, 1.165) is 54.3 Å². The summed E-state index contributed by atoms with van der Waals surface area (Å²) in [5.74, 6) is 0.634. The molecule has 34 heavy (non-hydrogen) atoms. The second-order valence-corrected chi connectivity index (χ2v) is 9.79. The Balaban J connectivity index is 1.49. The number of nitrogens with zero attached hydrogens (tertiary/aromatic N) is 2. The van der Waals surface area contributed by atoms with E-state index in [9.17, 15) is 9.59 Å². The lowest BCUT2D eigenvalue weighted by molar-refractivity contribution is -0.133.